The van der Waals surface area contributed by atoms with E-state index >= 15 is 0 Å². The smallest absolute Gasteiger partial charge is 0.387 e. The largest absolute Gasteiger partial charge is 0.435 e. The summed E-state index contributed by atoms with van der Waals surface area (Å²) >= 11 is 0. The molecule has 0 radical (unpaired) electrons. The Morgan fingerprint density at radius 3 is 2.89 bits per heavy atom. The molecule has 0 saturated carbocycles. The molecular weight excluding hydrogens is 236 g/mol. The highest BCUT2D eigenvalue weighted by atomic mass is 19.3. The maximum Gasteiger partial charge on any atom is 0.387 e. The number of benzene rings is 1. The van der Waals surface area contributed by atoms with Crippen LogP contribution < -0.4 is 10.1 Å². The summed E-state index contributed by atoms with van der Waals surface area (Å²) in [4.78, 5) is 0. The van der Waals surface area contributed by atoms with E-state index < -0.39 is 6.61 Å². The number of fused-ring (bicyclic) bond motifs is 1. The van der Waals surface area contributed by atoms with E-state index in [-0.39, 0.29) is 5.75 Å². The Bertz CT molecular complexity index is 409. The highest BCUT2D eigenvalue weighted by Crippen LogP contribution is 2.39. The van der Waals surface area contributed by atoms with Crippen molar-refractivity contribution in [1.82, 2.24) is 0 Å². The van der Waals surface area contributed by atoms with Crippen molar-refractivity contribution in [2.24, 2.45) is 5.92 Å². The number of anilines is 1. The van der Waals surface area contributed by atoms with E-state index in [0.717, 1.165) is 30.6 Å². The average molecular weight is 255 g/mol. The van der Waals surface area contributed by atoms with Gasteiger partial charge < -0.3 is 10.1 Å². The fraction of sp³-hybridized carbons (Fsp3) is 0.571. The second-order valence-corrected chi connectivity index (χ2v) is 4.88. The summed E-state index contributed by atoms with van der Waals surface area (Å²) in [6.07, 6.45) is 2.28. The second-order valence-electron chi connectivity index (χ2n) is 4.88. The van der Waals surface area contributed by atoms with Gasteiger partial charge in [0.05, 0.1) is 0 Å². The Kier molecular flexibility index (Phi) is 4.04. The first kappa shape index (κ1) is 13.1. The van der Waals surface area contributed by atoms with Crippen LogP contribution in [0.3, 0.4) is 0 Å². The van der Waals surface area contributed by atoms with Gasteiger partial charge in [-0.05, 0) is 29.7 Å². The summed E-state index contributed by atoms with van der Waals surface area (Å²) in [5.74, 6) is 1.19. The third-order valence-corrected chi connectivity index (χ3v) is 3.59. The van der Waals surface area contributed by atoms with E-state index in [9.17, 15) is 8.78 Å². The maximum absolute atomic E-state index is 12.2. The molecule has 1 aromatic rings. The van der Waals surface area contributed by atoms with E-state index in [1.807, 2.05) is 6.07 Å². The molecule has 2 rings (SSSR count). The highest BCUT2D eigenvalue weighted by Gasteiger charge is 2.27. The molecule has 0 bridgehead atoms. The summed E-state index contributed by atoms with van der Waals surface area (Å²) < 4.78 is 28.9. The molecule has 4 heteroatoms. The Morgan fingerprint density at radius 2 is 2.22 bits per heavy atom. The molecule has 2 nitrogen and oxygen atoms in total. The van der Waals surface area contributed by atoms with Crippen molar-refractivity contribution in [3.05, 3.63) is 23.8 Å². The number of hydrogen-bond acceptors (Lipinski definition) is 2. The molecule has 0 saturated heterocycles. The van der Waals surface area contributed by atoms with Crippen LogP contribution in [-0.4, -0.2) is 13.2 Å². The lowest BCUT2D eigenvalue weighted by Gasteiger charge is -2.19. The van der Waals surface area contributed by atoms with Crippen LogP contribution >= 0.6 is 0 Å². The predicted molar refractivity (Wildman–Crippen MR) is 68.4 cm³/mol. The van der Waals surface area contributed by atoms with Gasteiger partial charge in [0.25, 0.3) is 0 Å². The van der Waals surface area contributed by atoms with E-state index in [1.54, 1.807) is 12.1 Å². The maximum atomic E-state index is 12.2. The van der Waals surface area contributed by atoms with Gasteiger partial charge in [0.2, 0.25) is 0 Å². The zero-order valence-corrected chi connectivity index (χ0v) is 10.7. The minimum absolute atomic E-state index is 0.251. The molecule has 0 spiro atoms. The molecule has 0 aromatic heterocycles. The van der Waals surface area contributed by atoms with Gasteiger partial charge in [0, 0.05) is 18.2 Å². The first-order valence-electron chi connectivity index (χ1n) is 6.44. The average Bonchev–Trinajstić information content (AvgIpc) is 2.71. The molecule has 0 fully saturated rings. The van der Waals surface area contributed by atoms with E-state index in [0.29, 0.717) is 11.8 Å². The standard InChI is InChI=1S/C14H19F2NO/c1-3-4-9(2)12-8-17-13-6-5-10(7-11(12)13)18-14(15)16/h5-7,9,12,14,17H,3-4,8H2,1-2H3. The van der Waals surface area contributed by atoms with Gasteiger partial charge >= 0.3 is 6.61 Å². The number of rotatable bonds is 5. The van der Waals surface area contributed by atoms with E-state index in [4.69, 9.17) is 0 Å². The summed E-state index contributed by atoms with van der Waals surface area (Å²) in [5.41, 5.74) is 2.15. The van der Waals surface area contributed by atoms with Crippen LogP contribution in [0.25, 0.3) is 0 Å². The SMILES string of the molecule is CCCC(C)C1CNc2ccc(OC(F)F)cc21. The quantitative estimate of drug-likeness (QED) is 0.850. The minimum atomic E-state index is -2.76. The van der Waals surface area contributed by atoms with Crippen molar-refractivity contribution < 1.29 is 13.5 Å². The molecular formula is C14H19F2NO. The van der Waals surface area contributed by atoms with Crippen LogP contribution in [-0.2, 0) is 0 Å². The van der Waals surface area contributed by atoms with Crippen molar-refractivity contribution >= 4 is 5.69 Å². The Hall–Kier alpha value is -1.32. The number of alkyl halides is 2. The van der Waals surface area contributed by atoms with Gasteiger partial charge in [-0.25, -0.2) is 0 Å². The molecule has 1 aliphatic heterocycles. The predicted octanol–water partition coefficient (Wildman–Crippen LogP) is 4.23. The molecule has 2 atom stereocenters. The number of ether oxygens (including phenoxy) is 1. The Labute approximate surface area is 106 Å². The van der Waals surface area contributed by atoms with Gasteiger partial charge in [-0.15, -0.1) is 0 Å². The molecule has 1 heterocycles. The van der Waals surface area contributed by atoms with Gasteiger partial charge in [-0.2, -0.15) is 8.78 Å². The number of halogens is 2. The van der Waals surface area contributed by atoms with Crippen molar-refractivity contribution in [2.75, 3.05) is 11.9 Å². The molecule has 2 unspecified atom stereocenters. The van der Waals surface area contributed by atoms with Crippen molar-refractivity contribution in [3.63, 3.8) is 0 Å². The van der Waals surface area contributed by atoms with Crippen LogP contribution in [0.15, 0.2) is 18.2 Å². The van der Waals surface area contributed by atoms with Crippen molar-refractivity contribution in [2.45, 2.75) is 39.2 Å². The van der Waals surface area contributed by atoms with Crippen molar-refractivity contribution in [1.29, 1.82) is 0 Å². The number of nitrogens with one attached hydrogen (secondary N) is 1. The first-order chi connectivity index (χ1) is 8.61. The highest BCUT2D eigenvalue weighted by molar-refractivity contribution is 5.60. The first-order valence-corrected chi connectivity index (χ1v) is 6.44. The van der Waals surface area contributed by atoms with Crippen LogP contribution in [0.2, 0.25) is 0 Å². The summed E-state index contributed by atoms with van der Waals surface area (Å²) in [5, 5.41) is 3.33. The van der Waals surface area contributed by atoms with Gasteiger partial charge in [-0.3, -0.25) is 0 Å². The number of hydrogen-bond donors (Lipinski definition) is 1. The van der Waals surface area contributed by atoms with Gasteiger partial charge in [0.1, 0.15) is 5.75 Å². The molecule has 1 aromatic carbocycles. The normalized spacial score (nSPS) is 19.5. The molecule has 0 aliphatic carbocycles. The van der Waals surface area contributed by atoms with Gasteiger partial charge in [0.15, 0.2) is 0 Å². The van der Waals surface area contributed by atoms with E-state index in [2.05, 4.69) is 23.9 Å². The lowest BCUT2D eigenvalue weighted by molar-refractivity contribution is -0.0498. The van der Waals surface area contributed by atoms with Crippen LogP contribution in [0, 0.1) is 5.92 Å². The topological polar surface area (TPSA) is 21.3 Å². The Morgan fingerprint density at radius 1 is 1.44 bits per heavy atom. The fourth-order valence-corrected chi connectivity index (χ4v) is 2.68. The third kappa shape index (κ3) is 2.74. The van der Waals surface area contributed by atoms with Crippen LogP contribution in [0.4, 0.5) is 14.5 Å². The Balaban J connectivity index is 2.19. The molecule has 0 amide bonds. The minimum Gasteiger partial charge on any atom is -0.435 e. The summed E-state index contributed by atoms with van der Waals surface area (Å²) in [6, 6.07) is 5.16. The third-order valence-electron chi connectivity index (χ3n) is 3.59. The summed E-state index contributed by atoms with van der Waals surface area (Å²) in [7, 11) is 0. The lowest BCUT2D eigenvalue weighted by atomic mass is 9.86. The van der Waals surface area contributed by atoms with Crippen LogP contribution in [0.1, 0.15) is 38.2 Å². The second kappa shape index (κ2) is 5.55. The van der Waals surface area contributed by atoms with E-state index in [1.165, 1.54) is 0 Å². The monoisotopic (exact) mass is 255 g/mol. The molecule has 1 N–H and O–H groups in total. The summed E-state index contributed by atoms with van der Waals surface area (Å²) in [6.45, 7) is 2.50. The zero-order valence-electron chi connectivity index (χ0n) is 10.7. The van der Waals surface area contributed by atoms with Crippen LogP contribution in [0.5, 0.6) is 5.75 Å². The van der Waals surface area contributed by atoms with Gasteiger partial charge in [-0.1, -0.05) is 26.7 Å². The molecule has 18 heavy (non-hydrogen) atoms. The fourth-order valence-electron chi connectivity index (χ4n) is 2.68. The lowest BCUT2D eigenvalue weighted by Crippen LogP contribution is -2.12. The zero-order chi connectivity index (χ0) is 13.1. The van der Waals surface area contributed by atoms with Crippen molar-refractivity contribution in [3.8, 4) is 5.75 Å². The molecule has 100 valence electrons. The molecule has 1 aliphatic rings.